The van der Waals surface area contributed by atoms with Crippen molar-refractivity contribution in [1.82, 2.24) is 9.80 Å². The molecule has 1 atom stereocenters. The number of likely N-dealkylation sites (N-methyl/N-ethyl adjacent to an activating group) is 2. The minimum atomic E-state index is -4.58. The Labute approximate surface area is 174 Å². The third-order valence-corrected chi connectivity index (χ3v) is 4.83. The van der Waals surface area contributed by atoms with Gasteiger partial charge in [-0.15, -0.1) is 0 Å². The van der Waals surface area contributed by atoms with Gasteiger partial charge in [0.05, 0.1) is 23.8 Å². The first kappa shape index (κ1) is 23.4. The zero-order chi connectivity index (χ0) is 22.5. The fraction of sp³-hybridized carbons (Fsp3) is 0.364. The molecule has 0 bridgehead atoms. The molecule has 2 amide bonds. The molecule has 0 fully saturated rings. The highest BCUT2D eigenvalue weighted by Crippen LogP contribution is 2.34. The molecular formula is C22H26F3N3O2. The summed E-state index contributed by atoms with van der Waals surface area (Å²) in [4.78, 5) is 28.0. The van der Waals surface area contributed by atoms with Gasteiger partial charge in [0.15, 0.2) is 0 Å². The minimum Gasteiger partial charge on any atom is -0.335 e. The summed E-state index contributed by atoms with van der Waals surface area (Å²) in [5.41, 5.74) is 0.925. The Hall–Kier alpha value is -2.87. The fourth-order valence-corrected chi connectivity index (χ4v) is 2.95. The summed E-state index contributed by atoms with van der Waals surface area (Å²) in [5.74, 6) is -1.00. The summed E-state index contributed by atoms with van der Waals surface area (Å²) in [6, 6.07) is 12.2. The van der Waals surface area contributed by atoms with Crippen molar-refractivity contribution in [1.29, 1.82) is 0 Å². The van der Waals surface area contributed by atoms with Crippen LogP contribution in [0, 0.1) is 6.92 Å². The van der Waals surface area contributed by atoms with E-state index in [9.17, 15) is 22.8 Å². The van der Waals surface area contributed by atoms with Gasteiger partial charge in [-0.05, 0) is 38.6 Å². The van der Waals surface area contributed by atoms with Crippen LogP contribution in [0.3, 0.4) is 0 Å². The van der Waals surface area contributed by atoms with E-state index in [0.717, 1.165) is 17.2 Å². The van der Waals surface area contributed by atoms with E-state index in [0.29, 0.717) is 6.54 Å². The third-order valence-electron chi connectivity index (χ3n) is 4.83. The van der Waals surface area contributed by atoms with Crippen molar-refractivity contribution < 1.29 is 22.8 Å². The SMILES string of the molecule is Cc1ccc(CN(C)[C@@H](C)C(=O)N(C)CC(=O)Nc2ccccc2C(F)(F)F)cc1. The predicted octanol–water partition coefficient (Wildman–Crippen LogP) is 3.93. The van der Waals surface area contributed by atoms with Crippen LogP contribution in [0.15, 0.2) is 48.5 Å². The Morgan fingerprint density at radius 1 is 1.03 bits per heavy atom. The number of rotatable bonds is 7. The molecule has 0 aliphatic carbocycles. The molecule has 2 rings (SSSR count). The van der Waals surface area contributed by atoms with Gasteiger partial charge in [-0.25, -0.2) is 0 Å². The van der Waals surface area contributed by atoms with E-state index in [1.54, 1.807) is 14.0 Å². The maximum absolute atomic E-state index is 13.1. The van der Waals surface area contributed by atoms with Gasteiger partial charge in [0.2, 0.25) is 11.8 Å². The zero-order valence-electron chi connectivity index (χ0n) is 17.5. The first-order chi connectivity index (χ1) is 14.0. The highest BCUT2D eigenvalue weighted by molar-refractivity contribution is 5.95. The highest BCUT2D eigenvalue weighted by Gasteiger charge is 2.33. The molecule has 8 heteroatoms. The second-order valence-corrected chi connectivity index (χ2v) is 7.36. The molecule has 162 valence electrons. The number of aryl methyl sites for hydroxylation is 1. The van der Waals surface area contributed by atoms with Crippen LogP contribution in [-0.2, 0) is 22.3 Å². The first-order valence-electron chi connectivity index (χ1n) is 9.46. The van der Waals surface area contributed by atoms with Gasteiger partial charge in [-0.2, -0.15) is 13.2 Å². The molecule has 5 nitrogen and oxygen atoms in total. The summed E-state index contributed by atoms with van der Waals surface area (Å²) in [5, 5.41) is 2.25. The monoisotopic (exact) mass is 421 g/mol. The van der Waals surface area contributed by atoms with Crippen LogP contribution >= 0.6 is 0 Å². The number of anilines is 1. The molecule has 0 spiro atoms. The second-order valence-electron chi connectivity index (χ2n) is 7.36. The lowest BCUT2D eigenvalue weighted by atomic mass is 10.1. The zero-order valence-corrected chi connectivity index (χ0v) is 17.5. The molecule has 0 heterocycles. The maximum atomic E-state index is 13.1. The van der Waals surface area contributed by atoms with Crippen LogP contribution in [0.2, 0.25) is 0 Å². The molecular weight excluding hydrogens is 395 g/mol. The van der Waals surface area contributed by atoms with Crippen molar-refractivity contribution in [2.75, 3.05) is 26.0 Å². The quantitative estimate of drug-likeness (QED) is 0.737. The lowest BCUT2D eigenvalue weighted by Crippen LogP contribution is -2.46. The molecule has 0 aliphatic rings. The van der Waals surface area contributed by atoms with Crippen LogP contribution in [0.25, 0.3) is 0 Å². The Bertz CT molecular complexity index is 882. The normalized spacial score (nSPS) is 12.5. The van der Waals surface area contributed by atoms with E-state index < -0.39 is 23.7 Å². The lowest BCUT2D eigenvalue weighted by Gasteiger charge is -2.28. The Balaban J connectivity index is 1.96. The first-order valence-corrected chi connectivity index (χ1v) is 9.46. The maximum Gasteiger partial charge on any atom is 0.418 e. The number of para-hydroxylation sites is 1. The van der Waals surface area contributed by atoms with Crippen LogP contribution in [0.5, 0.6) is 0 Å². The van der Waals surface area contributed by atoms with Gasteiger partial charge >= 0.3 is 6.18 Å². The molecule has 0 aromatic heterocycles. The predicted molar refractivity (Wildman–Crippen MR) is 110 cm³/mol. The van der Waals surface area contributed by atoms with Gasteiger partial charge in [0, 0.05) is 13.6 Å². The Morgan fingerprint density at radius 3 is 2.23 bits per heavy atom. The number of alkyl halides is 3. The Kier molecular flexibility index (Phi) is 7.61. The Morgan fingerprint density at radius 2 is 1.63 bits per heavy atom. The van der Waals surface area contributed by atoms with E-state index in [-0.39, 0.29) is 18.1 Å². The summed E-state index contributed by atoms with van der Waals surface area (Å²) >= 11 is 0. The number of carbonyl (C=O) groups excluding carboxylic acids is 2. The second kappa shape index (κ2) is 9.75. The average molecular weight is 421 g/mol. The van der Waals surface area contributed by atoms with Crippen LogP contribution in [0.1, 0.15) is 23.6 Å². The standard InChI is InChI=1S/C22H26F3N3O2/c1-15-9-11-17(12-10-15)13-27(3)16(2)21(30)28(4)14-20(29)26-19-8-6-5-7-18(19)22(23,24)25/h5-12,16H,13-14H2,1-4H3,(H,26,29)/t16-/m0/s1. The number of carbonyl (C=O) groups is 2. The lowest BCUT2D eigenvalue weighted by molar-refractivity contribution is -0.138. The van der Waals surface area contributed by atoms with Gasteiger partial charge in [-0.3, -0.25) is 14.5 Å². The molecule has 1 N–H and O–H groups in total. The van der Waals surface area contributed by atoms with E-state index in [1.807, 2.05) is 36.1 Å². The van der Waals surface area contributed by atoms with Crippen LogP contribution in [0.4, 0.5) is 18.9 Å². The fourth-order valence-electron chi connectivity index (χ4n) is 2.95. The molecule has 0 unspecified atom stereocenters. The van der Waals surface area contributed by atoms with Crippen LogP contribution in [-0.4, -0.2) is 48.3 Å². The van der Waals surface area contributed by atoms with Crippen molar-refractivity contribution in [3.8, 4) is 0 Å². The van der Waals surface area contributed by atoms with E-state index >= 15 is 0 Å². The summed E-state index contributed by atoms with van der Waals surface area (Å²) in [7, 11) is 3.25. The van der Waals surface area contributed by atoms with Gasteiger partial charge in [-0.1, -0.05) is 42.0 Å². The van der Waals surface area contributed by atoms with E-state index in [4.69, 9.17) is 0 Å². The molecule has 0 saturated heterocycles. The van der Waals surface area contributed by atoms with E-state index in [1.165, 1.54) is 30.1 Å². The third kappa shape index (κ3) is 6.32. The number of benzene rings is 2. The smallest absolute Gasteiger partial charge is 0.335 e. The van der Waals surface area contributed by atoms with Crippen molar-refractivity contribution in [2.45, 2.75) is 32.6 Å². The number of nitrogens with one attached hydrogen (secondary N) is 1. The number of hydrogen-bond acceptors (Lipinski definition) is 3. The molecule has 0 saturated carbocycles. The largest absolute Gasteiger partial charge is 0.418 e. The number of amides is 2. The van der Waals surface area contributed by atoms with Crippen molar-refractivity contribution >= 4 is 17.5 Å². The molecule has 0 radical (unpaired) electrons. The molecule has 30 heavy (non-hydrogen) atoms. The number of halogens is 3. The van der Waals surface area contributed by atoms with Gasteiger partial charge < -0.3 is 10.2 Å². The summed E-state index contributed by atoms with van der Waals surface area (Å²) in [6.07, 6.45) is -4.58. The molecule has 0 aliphatic heterocycles. The van der Waals surface area contributed by atoms with E-state index in [2.05, 4.69) is 5.32 Å². The van der Waals surface area contributed by atoms with Crippen molar-refractivity contribution in [3.05, 3.63) is 65.2 Å². The van der Waals surface area contributed by atoms with Crippen molar-refractivity contribution in [3.63, 3.8) is 0 Å². The summed E-state index contributed by atoms with van der Waals surface area (Å²) in [6.45, 7) is 3.91. The van der Waals surface area contributed by atoms with Gasteiger partial charge in [0.1, 0.15) is 0 Å². The molecule has 2 aromatic carbocycles. The van der Waals surface area contributed by atoms with Crippen LogP contribution < -0.4 is 5.32 Å². The average Bonchev–Trinajstić information content (AvgIpc) is 2.68. The number of nitrogens with zero attached hydrogens (tertiary/aromatic N) is 2. The number of hydrogen-bond donors (Lipinski definition) is 1. The van der Waals surface area contributed by atoms with Gasteiger partial charge in [0.25, 0.3) is 0 Å². The molecule has 2 aromatic rings. The minimum absolute atomic E-state index is 0.302. The summed E-state index contributed by atoms with van der Waals surface area (Å²) < 4.78 is 39.2. The highest BCUT2D eigenvalue weighted by atomic mass is 19.4. The topological polar surface area (TPSA) is 52.7 Å². The van der Waals surface area contributed by atoms with Crippen molar-refractivity contribution in [2.24, 2.45) is 0 Å².